The number of aromatic nitrogens is 1. The fourth-order valence-electron chi connectivity index (χ4n) is 3.00. The molecule has 1 aliphatic rings. The van der Waals surface area contributed by atoms with Crippen LogP contribution in [0.3, 0.4) is 0 Å². The molecule has 0 bridgehead atoms. The summed E-state index contributed by atoms with van der Waals surface area (Å²) >= 11 is 12.3. The molecule has 3 nitrogen and oxygen atoms in total. The molecule has 5 heteroatoms. The average Bonchev–Trinajstić information content (AvgIpc) is 2.76. The summed E-state index contributed by atoms with van der Waals surface area (Å²) in [6.07, 6.45) is 2.69. The van der Waals surface area contributed by atoms with Gasteiger partial charge in [-0.1, -0.05) is 23.2 Å². The van der Waals surface area contributed by atoms with Gasteiger partial charge >= 0.3 is 5.97 Å². The first-order chi connectivity index (χ1) is 9.61. The van der Waals surface area contributed by atoms with Crippen molar-refractivity contribution in [1.29, 1.82) is 0 Å². The van der Waals surface area contributed by atoms with Gasteiger partial charge in [-0.3, -0.25) is 4.79 Å². The predicted octanol–water partition coefficient (Wildman–Crippen LogP) is 4.46. The van der Waals surface area contributed by atoms with Gasteiger partial charge in [-0.15, -0.1) is 0 Å². The quantitative estimate of drug-likeness (QED) is 0.832. The summed E-state index contributed by atoms with van der Waals surface area (Å²) in [6, 6.07) is 3.59. The van der Waals surface area contributed by atoms with Crippen molar-refractivity contribution in [2.45, 2.75) is 32.1 Å². The van der Waals surface area contributed by atoms with Crippen molar-refractivity contribution in [2.75, 3.05) is 6.61 Å². The van der Waals surface area contributed by atoms with Crippen LogP contribution >= 0.6 is 23.2 Å². The first-order valence-electron chi connectivity index (χ1n) is 6.78. The standard InChI is InChI=1S/C15H15Cl2NO2/c1-2-20-15(19)10-5-3-4-9-13-11(17)6-8(16)7-12(13)18-14(9)10/h6-7,10,18H,2-5H2,1H3. The Kier molecular flexibility index (Phi) is 3.65. The third kappa shape index (κ3) is 2.19. The van der Waals surface area contributed by atoms with Crippen molar-refractivity contribution in [3.63, 3.8) is 0 Å². The maximum atomic E-state index is 12.1. The van der Waals surface area contributed by atoms with E-state index in [0.29, 0.717) is 16.7 Å². The van der Waals surface area contributed by atoms with E-state index in [0.717, 1.165) is 41.4 Å². The van der Waals surface area contributed by atoms with E-state index >= 15 is 0 Å². The third-order valence-corrected chi connectivity index (χ3v) is 4.31. The van der Waals surface area contributed by atoms with Crippen LogP contribution in [0.2, 0.25) is 10.0 Å². The highest BCUT2D eigenvalue weighted by Gasteiger charge is 2.31. The summed E-state index contributed by atoms with van der Waals surface area (Å²) in [6.45, 7) is 2.22. The zero-order valence-electron chi connectivity index (χ0n) is 11.1. The fraction of sp³-hybridized carbons (Fsp3) is 0.400. The number of benzene rings is 1. The molecular formula is C15H15Cl2NO2. The molecule has 0 amide bonds. The molecule has 0 aliphatic heterocycles. The molecule has 1 aromatic carbocycles. The lowest BCUT2D eigenvalue weighted by atomic mass is 9.87. The molecule has 20 heavy (non-hydrogen) atoms. The SMILES string of the molecule is CCOC(=O)C1CCCc2c1[nH]c1cc(Cl)cc(Cl)c21. The number of aromatic amines is 1. The number of aryl methyl sites for hydroxylation is 1. The number of esters is 1. The van der Waals surface area contributed by atoms with Gasteiger partial charge in [-0.05, 0) is 43.9 Å². The predicted molar refractivity (Wildman–Crippen MR) is 80.6 cm³/mol. The molecule has 1 heterocycles. The molecule has 0 radical (unpaired) electrons. The summed E-state index contributed by atoms with van der Waals surface area (Å²) in [5.74, 6) is -0.386. The molecule has 1 aromatic heterocycles. The van der Waals surface area contributed by atoms with Crippen LogP contribution in [0.5, 0.6) is 0 Å². The Balaban J connectivity index is 2.15. The zero-order valence-corrected chi connectivity index (χ0v) is 12.6. The van der Waals surface area contributed by atoms with Gasteiger partial charge in [0.25, 0.3) is 0 Å². The number of hydrogen-bond donors (Lipinski definition) is 1. The van der Waals surface area contributed by atoms with Crippen molar-refractivity contribution in [2.24, 2.45) is 0 Å². The second-order valence-electron chi connectivity index (χ2n) is 5.02. The highest BCUT2D eigenvalue weighted by atomic mass is 35.5. The van der Waals surface area contributed by atoms with E-state index in [4.69, 9.17) is 27.9 Å². The van der Waals surface area contributed by atoms with Crippen LogP contribution in [0.1, 0.15) is 36.9 Å². The van der Waals surface area contributed by atoms with Crippen molar-refractivity contribution < 1.29 is 9.53 Å². The van der Waals surface area contributed by atoms with Gasteiger partial charge in [0.2, 0.25) is 0 Å². The maximum absolute atomic E-state index is 12.1. The summed E-state index contributed by atoms with van der Waals surface area (Å²) in [4.78, 5) is 15.4. The minimum Gasteiger partial charge on any atom is -0.465 e. The van der Waals surface area contributed by atoms with Gasteiger partial charge in [0.05, 0.1) is 17.5 Å². The highest BCUT2D eigenvalue weighted by Crippen LogP contribution is 2.40. The van der Waals surface area contributed by atoms with E-state index in [2.05, 4.69) is 4.98 Å². The molecule has 3 rings (SSSR count). The first-order valence-corrected chi connectivity index (χ1v) is 7.53. The Morgan fingerprint density at radius 2 is 2.25 bits per heavy atom. The smallest absolute Gasteiger partial charge is 0.314 e. The number of ether oxygens (including phenoxy) is 1. The van der Waals surface area contributed by atoms with Gasteiger partial charge in [-0.2, -0.15) is 0 Å². The molecule has 1 atom stereocenters. The first kappa shape index (κ1) is 13.8. The van der Waals surface area contributed by atoms with E-state index in [1.54, 1.807) is 6.07 Å². The van der Waals surface area contributed by atoms with Crippen LogP contribution in [0.4, 0.5) is 0 Å². The van der Waals surface area contributed by atoms with Gasteiger partial charge in [0.1, 0.15) is 0 Å². The zero-order chi connectivity index (χ0) is 14.3. The largest absolute Gasteiger partial charge is 0.465 e. The Hall–Kier alpha value is -1.19. The molecule has 1 unspecified atom stereocenters. The van der Waals surface area contributed by atoms with E-state index < -0.39 is 0 Å². The van der Waals surface area contributed by atoms with Crippen LogP contribution in [0.25, 0.3) is 10.9 Å². The highest BCUT2D eigenvalue weighted by molar-refractivity contribution is 6.38. The monoisotopic (exact) mass is 311 g/mol. The number of nitrogens with one attached hydrogen (secondary N) is 1. The summed E-state index contributed by atoms with van der Waals surface area (Å²) in [7, 11) is 0. The lowest BCUT2D eigenvalue weighted by molar-refractivity contribution is -0.145. The Bertz CT molecular complexity index is 678. The van der Waals surface area contributed by atoms with Gasteiger partial charge < -0.3 is 9.72 Å². The van der Waals surface area contributed by atoms with Crippen molar-refractivity contribution in [3.8, 4) is 0 Å². The van der Waals surface area contributed by atoms with E-state index in [-0.39, 0.29) is 11.9 Å². The molecular weight excluding hydrogens is 297 g/mol. The minimum absolute atomic E-state index is 0.165. The summed E-state index contributed by atoms with van der Waals surface area (Å²) in [5, 5.41) is 2.21. The molecule has 0 saturated heterocycles. The van der Waals surface area contributed by atoms with Crippen LogP contribution in [0, 0.1) is 0 Å². The average molecular weight is 312 g/mol. The maximum Gasteiger partial charge on any atom is 0.314 e. The van der Waals surface area contributed by atoms with Crippen LogP contribution in [-0.4, -0.2) is 17.6 Å². The number of H-pyrrole nitrogens is 1. The Labute approximate surface area is 127 Å². The summed E-state index contributed by atoms with van der Waals surface area (Å²) < 4.78 is 5.17. The Morgan fingerprint density at radius 3 is 3.00 bits per heavy atom. The second kappa shape index (κ2) is 5.30. The van der Waals surface area contributed by atoms with Gasteiger partial charge in [0.15, 0.2) is 0 Å². The van der Waals surface area contributed by atoms with E-state index in [9.17, 15) is 4.79 Å². The number of halogens is 2. The van der Waals surface area contributed by atoms with E-state index in [1.807, 2.05) is 13.0 Å². The van der Waals surface area contributed by atoms with Crippen molar-refractivity contribution in [1.82, 2.24) is 4.98 Å². The molecule has 106 valence electrons. The third-order valence-electron chi connectivity index (χ3n) is 3.79. The van der Waals surface area contributed by atoms with Crippen LogP contribution < -0.4 is 0 Å². The molecule has 1 aliphatic carbocycles. The molecule has 1 N–H and O–H groups in total. The minimum atomic E-state index is -0.221. The normalized spacial score (nSPS) is 18.1. The lowest BCUT2D eigenvalue weighted by Gasteiger charge is -2.21. The number of fused-ring (bicyclic) bond motifs is 3. The summed E-state index contributed by atoms with van der Waals surface area (Å²) in [5.41, 5.74) is 2.96. The lowest BCUT2D eigenvalue weighted by Crippen LogP contribution is -2.20. The molecule has 0 spiro atoms. The van der Waals surface area contributed by atoms with Crippen molar-refractivity contribution >= 4 is 40.1 Å². The number of carbonyl (C=O) groups excluding carboxylic acids is 1. The number of carbonyl (C=O) groups is 1. The number of hydrogen-bond acceptors (Lipinski definition) is 2. The topological polar surface area (TPSA) is 42.1 Å². The molecule has 2 aromatic rings. The second-order valence-corrected chi connectivity index (χ2v) is 5.87. The van der Waals surface area contributed by atoms with E-state index in [1.165, 1.54) is 0 Å². The van der Waals surface area contributed by atoms with Gasteiger partial charge in [-0.25, -0.2) is 0 Å². The van der Waals surface area contributed by atoms with Gasteiger partial charge in [0, 0.05) is 21.6 Å². The molecule has 0 fully saturated rings. The van der Waals surface area contributed by atoms with Crippen molar-refractivity contribution in [3.05, 3.63) is 33.4 Å². The number of rotatable bonds is 2. The van der Waals surface area contributed by atoms with Crippen LogP contribution in [-0.2, 0) is 16.0 Å². The Morgan fingerprint density at radius 1 is 1.45 bits per heavy atom. The fourth-order valence-corrected chi connectivity index (χ4v) is 3.60. The molecule has 0 saturated carbocycles. The van der Waals surface area contributed by atoms with Crippen LogP contribution in [0.15, 0.2) is 12.1 Å².